The maximum Gasteiger partial charge on any atom is 0.277 e. The highest BCUT2D eigenvalue weighted by Gasteiger charge is 2.17. The highest BCUT2D eigenvalue weighted by atomic mass is 32.2. The number of nitrogens with zero attached hydrogens (tertiary/aromatic N) is 6. The van der Waals surface area contributed by atoms with Crippen LogP contribution in [0.15, 0.2) is 93.4 Å². The van der Waals surface area contributed by atoms with Gasteiger partial charge in [-0.3, -0.25) is 4.79 Å². The Morgan fingerprint density at radius 1 is 1.05 bits per heavy atom. The van der Waals surface area contributed by atoms with E-state index >= 15 is 0 Å². The Morgan fingerprint density at radius 2 is 1.76 bits per heavy atom. The van der Waals surface area contributed by atoms with E-state index in [1.165, 1.54) is 16.8 Å². The standard InChI is InChI=1S/C28H26N8O5S/c1-18(27-19(2)36(35-33-27)21-12-14-22(15-13-21)42(29,38)39)31-32-26(37)17-40-24-11-7-6-10-23(24)28-30-25(34-41-28)16-20-8-4-3-5-9-20/h3-15H,16-17H2,1-2H3,(H,32,37)(H2,29,38,39). The first kappa shape index (κ1) is 28.3. The predicted octanol–water partition coefficient (Wildman–Crippen LogP) is 2.78. The summed E-state index contributed by atoms with van der Waals surface area (Å²) < 4.78 is 35.7. The van der Waals surface area contributed by atoms with Crippen LogP contribution in [0.5, 0.6) is 5.75 Å². The first-order chi connectivity index (χ1) is 20.2. The number of hydrogen-bond acceptors (Lipinski definition) is 10. The lowest BCUT2D eigenvalue weighted by atomic mass is 10.1. The van der Waals surface area contributed by atoms with Gasteiger partial charge < -0.3 is 9.26 Å². The topological polar surface area (TPSA) is 180 Å². The summed E-state index contributed by atoms with van der Waals surface area (Å²) in [5.41, 5.74) is 6.13. The minimum Gasteiger partial charge on any atom is -0.483 e. The third-order valence-corrected chi connectivity index (χ3v) is 7.07. The number of amides is 1. The van der Waals surface area contributed by atoms with Crippen LogP contribution >= 0.6 is 0 Å². The number of carbonyl (C=O) groups excluding carboxylic acids is 1. The van der Waals surface area contributed by atoms with Crippen molar-refractivity contribution in [1.82, 2.24) is 30.6 Å². The van der Waals surface area contributed by atoms with Crippen molar-refractivity contribution in [3.8, 4) is 22.9 Å². The van der Waals surface area contributed by atoms with Crippen LogP contribution in [0.1, 0.15) is 29.7 Å². The number of carbonyl (C=O) groups is 1. The minimum atomic E-state index is -3.81. The number of ether oxygens (including phenoxy) is 1. The van der Waals surface area contributed by atoms with Gasteiger partial charge in [-0.15, -0.1) is 5.10 Å². The van der Waals surface area contributed by atoms with Crippen LogP contribution < -0.4 is 15.3 Å². The molecule has 214 valence electrons. The summed E-state index contributed by atoms with van der Waals surface area (Å²) >= 11 is 0. The van der Waals surface area contributed by atoms with E-state index < -0.39 is 15.9 Å². The monoisotopic (exact) mass is 586 g/mol. The number of hydrogen-bond donors (Lipinski definition) is 2. The van der Waals surface area contributed by atoms with Crippen LogP contribution in [-0.2, 0) is 21.2 Å². The van der Waals surface area contributed by atoms with Crippen molar-refractivity contribution in [2.45, 2.75) is 25.2 Å². The van der Waals surface area contributed by atoms with E-state index in [1.807, 2.05) is 30.3 Å². The lowest BCUT2D eigenvalue weighted by molar-refractivity contribution is -0.123. The number of rotatable bonds is 10. The molecule has 13 nitrogen and oxygen atoms in total. The molecule has 3 N–H and O–H groups in total. The number of nitrogens with two attached hydrogens (primary N) is 1. The molecule has 0 fully saturated rings. The molecular formula is C28H26N8O5S. The smallest absolute Gasteiger partial charge is 0.277 e. The van der Waals surface area contributed by atoms with Crippen LogP contribution in [0.4, 0.5) is 0 Å². The molecule has 0 spiro atoms. The van der Waals surface area contributed by atoms with Crippen LogP contribution in [0.3, 0.4) is 0 Å². The summed E-state index contributed by atoms with van der Waals surface area (Å²) in [5, 5.41) is 21.6. The quantitative estimate of drug-likeness (QED) is 0.184. The van der Waals surface area contributed by atoms with Crippen molar-refractivity contribution in [2.75, 3.05) is 6.61 Å². The maximum absolute atomic E-state index is 12.5. The molecule has 5 rings (SSSR count). The van der Waals surface area contributed by atoms with Crippen LogP contribution in [0.25, 0.3) is 17.1 Å². The van der Waals surface area contributed by atoms with Gasteiger partial charge in [-0.1, -0.05) is 52.8 Å². The molecular weight excluding hydrogens is 560 g/mol. The first-order valence-electron chi connectivity index (χ1n) is 12.7. The Kier molecular flexibility index (Phi) is 8.17. The average Bonchev–Trinajstić information content (AvgIpc) is 3.61. The summed E-state index contributed by atoms with van der Waals surface area (Å²) in [5.74, 6) is 0.712. The van der Waals surface area contributed by atoms with E-state index in [4.69, 9.17) is 14.4 Å². The van der Waals surface area contributed by atoms with Gasteiger partial charge in [0.25, 0.3) is 11.8 Å². The van der Waals surface area contributed by atoms with Crippen molar-refractivity contribution in [3.05, 3.63) is 102 Å². The second-order valence-corrected chi connectivity index (χ2v) is 10.7. The van der Waals surface area contributed by atoms with E-state index in [-0.39, 0.29) is 17.4 Å². The highest BCUT2D eigenvalue weighted by molar-refractivity contribution is 7.89. The Hall–Kier alpha value is -5.21. The minimum absolute atomic E-state index is 0.0144. The van der Waals surface area contributed by atoms with E-state index in [0.717, 1.165) is 5.56 Å². The van der Waals surface area contributed by atoms with Crippen LogP contribution in [0.2, 0.25) is 0 Å². The normalized spacial score (nSPS) is 11.8. The van der Waals surface area contributed by atoms with E-state index in [2.05, 4.69) is 31.0 Å². The number of benzene rings is 3. The second-order valence-electron chi connectivity index (χ2n) is 9.17. The van der Waals surface area contributed by atoms with Gasteiger partial charge in [0.1, 0.15) is 11.4 Å². The summed E-state index contributed by atoms with van der Waals surface area (Å²) in [6.45, 7) is 3.12. The lowest BCUT2D eigenvalue weighted by Gasteiger charge is -2.08. The summed E-state index contributed by atoms with van der Waals surface area (Å²) in [7, 11) is -3.81. The Bertz CT molecular complexity index is 1850. The molecule has 42 heavy (non-hydrogen) atoms. The Labute approximate surface area is 241 Å². The Balaban J connectivity index is 1.21. The lowest BCUT2D eigenvalue weighted by Crippen LogP contribution is -2.26. The number of primary sulfonamides is 1. The number of sulfonamides is 1. The fourth-order valence-corrected chi connectivity index (χ4v) is 4.56. The molecule has 0 radical (unpaired) electrons. The fraction of sp³-hybridized carbons (Fsp3) is 0.143. The highest BCUT2D eigenvalue weighted by Crippen LogP contribution is 2.28. The van der Waals surface area contributed by atoms with Gasteiger partial charge in [-0.25, -0.2) is 23.7 Å². The largest absolute Gasteiger partial charge is 0.483 e. The van der Waals surface area contributed by atoms with Crippen molar-refractivity contribution in [1.29, 1.82) is 0 Å². The molecule has 3 aromatic carbocycles. The second kappa shape index (κ2) is 12.1. The molecule has 0 unspecified atom stereocenters. The Morgan fingerprint density at radius 3 is 2.50 bits per heavy atom. The molecule has 14 heteroatoms. The number of nitrogens with one attached hydrogen (secondary N) is 1. The molecule has 1 amide bonds. The molecule has 0 saturated heterocycles. The van der Waals surface area contributed by atoms with Gasteiger partial charge in [-0.2, -0.15) is 10.1 Å². The summed E-state index contributed by atoms with van der Waals surface area (Å²) in [4.78, 5) is 17.0. The maximum atomic E-state index is 12.5. The average molecular weight is 587 g/mol. The first-order valence-corrected chi connectivity index (χ1v) is 14.2. The number of para-hydroxylation sites is 1. The van der Waals surface area contributed by atoms with Crippen LogP contribution in [0, 0.1) is 6.92 Å². The van der Waals surface area contributed by atoms with Gasteiger partial charge in [0.05, 0.1) is 27.6 Å². The molecule has 0 atom stereocenters. The molecule has 0 aliphatic rings. The van der Waals surface area contributed by atoms with Gasteiger partial charge in [0.15, 0.2) is 12.4 Å². The van der Waals surface area contributed by atoms with Crippen molar-refractivity contribution in [2.24, 2.45) is 10.2 Å². The molecule has 2 heterocycles. The zero-order valence-corrected chi connectivity index (χ0v) is 23.4. The van der Waals surface area contributed by atoms with E-state index in [0.29, 0.717) is 46.3 Å². The third kappa shape index (κ3) is 6.56. The molecule has 0 bridgehead atoms. The van der Waals surface area contributed by atoms with E-state index in [1.54, 1.807) is 50.2 Å². The molecule has 0 saturated carbocycles. The third-order valence-electron chi connectivity index (χ3n) is 6.14. The van der Waals surface area contributed by atoms with Crippen LogP contribution in [-0.4, -0.2) is 51.8 Å². The SMILES string of the molecule is CC(=NNC(=O)COc1ccccc1-c1nc(Cc2ccccc2)no1)c1nnn(-c2ccc(S(N)(=O)=O)cc2)c1C. The van der Waals surface area contributed by atoms with Gasteiger partial charge in [0.2, 0.25) is 10.0 Å². The van der Waals surface area contributed by atoms with Crippen molar-refractivity contribution < 1.29 is 22.5 Å². The summed E-state index contributed by atoms with van der Waals surface area (Å²) in [6, 6.07) is 22.7. The van der Waals surface area contributed by atoms with Gasteiger partial charge >= 0.3 is 0 Å². The zero-order valence-electron chi connectivity index (χ0n) is 22.6. The number of aromatic nitrogens is 5. The zero-order chi connectivity index (χ0) is 29.7. The van der Waals surface area contributed by atoms with Gasteiger partial charge in [-0.05, 0) is 55.8 Å². The predicted molar refractivity (Wildman–Crippen MR) is 152 cm³/mol. The molecule has 2 aromatic heterocycles. The number of hydrazone groups is 1. The van der Waals surface area contributed by atoms with Crippen molar-refractivity contribution in [3.63, 3.8) is 0 Å². The molecule has 0 aliphatic heterocycles. The van der Waals surface area contributed by atoms with Gasteiger partial charge in [0, 0.05) is 6.42 Å². The summed E-state index contributed by atoms with van der Waals surface area (Å²) in [6.07, 6.45) is 0.519. The molecule has 0 aliphatic carbocycles. The molecule has 5 aromatic rings. The van der Waals surface area contributed by atoms with E-state index in [9.17, 15) is 13.2 Å². The fourth-order valence-electron chi connectivity index (χ4n) is 4.04. The van der Waals surface area contributed by atoms with Crippen molar-refractivity contribution >= 4 is 21.6 Å².